The molecule has 0 unspecified atom stereocenters. The van der Waals surface area contributed by atoms with Crippen LogP contribution in [0.5, 0.6) is 0 Å². The number of hydrogen-bond donors (Lipinski definition) is 1. The van der Waals surface area contributed by atoms with Crippen LogP contribution in [-0.2, 0) is 6.42 Å². The van der Waals surface area contributed by atoms with Gasteiger partial charge in [-0.3, -0.25) is 0 Å². The van der Waals surface area contributed by atoms with Gasteiger partial charge >= 0.3 is 0 Å². The van der Waals surface area contributed by atoms with Crippen LogP contribution in [0.3, 0.4) is 0 Å². The van der Waals surface area contributed by atoms with Crippen molar-refractivity contribution in [3.63, 3.8) is 0 Å². The Morgan fingerprint density at radius 1 is 1.58 bits per heavy atom. The fourth-order valence-electron chi connectivity index (χ4n) is 0.951. The Morgan fingerprint density at radius 3 is 2.83 bits per heavy atom. The maximum absolute atomic E-state index is 8.75. The van der Waals surface area contributed by atoms with E-state index in [1.165, 1.54) is 0 Å². The molecule has 0 spiro atoms. The molecule has 0 aliphatic heterocycles. The van der Waals surface area contributed by atoms with Crippen LogP contribution in [0, 0.1) is 0 Å². The van der Waals surface area contributed by atoms with Crippen molar-refractivity contribution in [3.8, 4) is 0 Å². The van der Waals surface area contributed by atoms with Crippen molar-refractivity contribution in [1.82, 2.24) is 0 Å². The van der Waals surface area contributed by atoms with E-state index in [1.807, 2.05) is 32.1 Å². The lowest BCUT2D eigenvalue weighted by molar-refractivity contribution is 0.332. The lowest BCUT2D eigenvalue weighted by Crippen LogP contribution is -1.82. The van der Waals surface area contributed by atoms with Gasteiger partial charge in [0.05, 0.1) is 6.61 Å². The second-order valence-corrected chi connectivity index (χ2v) is 2.81. The van der Waals surface area contributed by atoms with Crippen LogP contribution in [0.15, 0.2) is 22.1 Å². The molecule has 0 fully saturated rings. The number of rotatable bonds is 3. The predicted octanol–water partition coefficient (Wildman–Crippen LogP) is 2.24. The van der Waals surface area contributed by atoms with Crippen LogP contribution in [-0.4, -0.2) is 11.7 Å². The van der Waals surface area contributed by atoms with Crippen LogP contribution < -0.4 is 0 Å². The van der Waals surface area contributed by atoms with Gasteiger partial charge in [-0.2, -0.15) is 0 Å². The van der Waals surface area contributed by atoms with Crippen molar-refractivity contribution in [2.75, 3.05) is 6.61 Å². The molecule has 0 atom stereocenters. The molecule has 66 valence electrons. The molecule has 0 radical (unpaired) electrons. The monoisotopic (exact) mass is 166 g/mol. The molecule has 1 heterocycles. The Hall–Kier alpha value is -1.02. The van der Waals surface area contributed by atoms with Crippen LogP contribution in [0.1, 0.15) is 25.4 Å². The van der Waals surface area contributed by atoms with E-state index in [9.17, 15) is 0 Å². The van der Waals surface area contributed by atoms with E-state index < -0.39 is 0 Å². The van der Waals surface area contributed by atoms with Gasteiger partial charge in [-0.15, -0.1) is 0 Å². The highest BCUT2D eigenvalue weighted by molar-refractivity contribution is 5.47. The summed E-state index contributed by atoms with van der Waals surface area (Å²) in [6.45, 7) is 4.00. The summed E-state index contributed by atoms with van der Waals surface area (Å²) in [6.07, 6.45) is 2.76. The van der Waals surface area contributed by atoms with Gasteiger partial charge in [0, 0.05) is 6.42 Å². The topological polar surface area (TPSA) is 33.4 Å². The fourth-order valence-corrected chi connectivity index (χ4v) is 0.951. The van der Waals surface area contributed by atoms with E-state index in [4.69, 9.17) is 9.52 Å². The summed E-state index contributed by atoms with van der Waals surface area (Å²) >= 11 is 0. The zero-order valence-corrected chi connectivity index (χ0v) is 7.50. The molecule has 0 bridgehead atoms. The Balaban J connectivity index is 2.76. The summed E-state index contributed by atoms with van der Waals surface area (Å²) in [5.41, 5.74) is 0.909. The summed E-state index contributed by atoms with van der Waals surface area (Å²) in [5.74, 6) is 1.80. The lowest BCUT2D eigenvalue weighted by Gasteiger charge is -1.91. The summed E-state index contributed by atoms with van der Waals surface area (Å²) in [6, 6.07) is 3.87. The Labute approximate surface area is 72.5 Å². The molecule has 2 nitrogen and oxygen atoms in total. The van der Waals surface area contributed by atoms with Gasteiger partial charge in [0.2, 0.25) is 0 Å². The number of hydrogen-bond acceptors (Lipinski definition) is 2. The Morgan fingerprint density at radius 2 is 2.33 bits per heavy atom. The highest BCUT2D eigenvalue weighted by Gasteiger charge is 1.96. The second kappa shape index (κ2) is 4.12. The molecule has 0 aliphatic carbocycles. The number of aryl methyl sites for hydroxylation is 1. The van der Waals surface area contributed by atoms with Crippen LogP contribution in [0.25, 0.3) is 6.08 Å². The summed E-state index contributed by atoms with van der Waals surface area (Å²) in [7, 11) is 0. The van der Waals surface area contributed by atoms with Crippen molar-refractivity contribution in [2.24, 2.45) is 0 Å². The zero-order valence-electron chi connectivity index (χ0n) is 7.50. The molecular weight excluding hydrogens is 152 g/mol. The summed E-state index contributed by atoms with van der Waals surface area (Å²) in [4.78, 5) is 0. The molecule has 1 rings (SSSR count). The SMILES string of the molecule is CCc1ccc(C=C(C)CO)o1. The van der Waals surface area contributed by atoms with Crippen molar-refractivity contribution in [3.05, 3.63) is 29.2 Å². The minimum Gasteiger partial charge on any atom is -0.462 e. The summed E-state index contributed by atoms with van der Waals surface area (Å²) < 4.78 is 5.42. The van der Waals surface area contributed by atoms with Crippen molar-refractivity contribution >= 4 is 6.08 Å². The predicted molar refractivity (Wildman–Crippen MR) is 48.8 cm³/mol. The Bertz CT molecular complexity index is 271. The van der Waals surface area contributed by atoms with Crippen LogP contribution >= 0.6 is 0 Å². The van der Waals surface area contributed by atoms with Gasteiger partial charge in [-0.25, -0.2) is 0 Å². The fraction of sp³-hybridized carbons (Fsp3) is 0.400. The Kier molecular flexibility index (Phi) is 3.11. The van der Waals surface area contributed by atoms with Gasteiger partial charge < -0.3 is 9.52 Å². The van der Waals surface area contributed by atoms with Gasteiger partial charge in [-0.05, 0) is 30.7 Å². The molecule has 0 aromatic carbocycles. The van der Waals surface area contributed by atoms with Crippen molar-refractivity contribution < 1.29 is 9.52 Å². The molecule has 1 aromatic rings. The van der Waals surface area contributed by atoms with Gasteiger partial charge in [0.1, 0.15) is 11.5 Å². The third kappa shape index (κ3) is 2.24. The molecule has 0 saturated heterocycles. The van der Waals surface area contributed by atoms with Crippen molar-refractivity contribution in [1.29, 1.82) is 0 Å². The lowest BCUT2D eigenvalue weighted by atomic mass is 10.2. The second-order valence-electron chi connectivity index (χ2n) is 2.81. The maximum Gasteiger partial charge on any atom is 0.127 e. The largest absolute Gasteiger partial charge is 0.462 e. The van der Waals surface area contributed by atoms with Crippen LogP contribution in [0.4, 0.5) is 0 Å². The maximum atomic E-state index is 8.75. The summed E-state index contributed by atoms with van der Waals surface area (Å²) in [5, 5.41) is 8.75. The third-order valence-corrected chi connectivity index (χ3v) is 1.67. The molecule has 2 heteroatoms. The number of aliphatic hydroxyl groups is 1. The molecular formula is C10H14O2. The van der Waals surface area contributed by atoms with E-state index >= 15 is 0 Å². The first-order valence-electron chi connectivity index (χ1n) is 4.13. The first kappa shape index (κ1) is 9.07. The standard InChI is InChI=1S/C10H14O2/c1-3-9-4-5-10(12-9)6-8(2)7-11/h4-6,11H,3,7H2,1-2H3. The highest BCUT2D eigenvalue weighted by atomic mass is 16.3. The minimum atomic E-state index is 0.0855. The minimum absolute atomic E-state index is 0.0855. The number of aliphatic hydroxyl groups excluding tert-OH is 1. The average Bonchev–Trinajstić information content (AvgIpc) is 2.52. The highest BCUT2D eigenvalue weighted by Crippen LogP contribution is 2.11. The first-order valence-corrected chi connectivity index (χ1v) is 4.13. The molecule has 1 N–H and O–H groups in total. The number of furan rings is 1. The molecule has 12 heavy (non-hydrogen) atoms. The smallest absolute Gasteiger partial charge is 0.127 e. The zero-order chi connectivity index (χ0) is 8.97. The first-order chi connectivity index (χ1) is 5.76. The van der Waals surface area contributed by atoms with Crippen molar-refractivity contribution in [2.45, 2.75) is 20.3 Å². The van der Waals surface area contributed by atoms with E-state index in [1.54, 1.807) is 0 Å². The normalized spacial score (nSPS) is 12.1. The van der Waals surface area contributed by atoms with Gasteiger partial charge in [0.25, 0.3) is 0 Å². The van der Waals surface area contributed by atoms with Crippen LogP contribution in [0.2, 0.25) is 0 Å². The quantitative estimate of drug-likeness (QED) is 0.747. The van der Waals surface area contributed by atoms with E-state index in [-0.39, 0.29) is 6.61 Å². The third-order valence-electron chi connectivity index (χ3n) is 1.67. The molecule has 0 saturated carbocycles. The molecule has 0 amide bonds. The van der Waals surface area contributed by atoms with E-state index in [0.717, 1.165) is 23.5 Å². The average molecular weight is 166 g/mol. The molecule has 0 aliphatic rings. The van der Waals surface area contributed by atoms with Gasteiger partial charge in [0.15, 0.2) is 0 Å². The molecule has 1 aromatic heterocycles. The van der Waals surface area contributed by atoms with E-state index in [0.29, 0.717) is 0 Å². The van der Waals surface area contributed by atoms with E-state index in [2.05, 4.69) is 0 Å². The van der Waals surface area contributed by atoms with Gasteiger partial charge in [-0.1, -0.05) is 6.92 Å².